The van der Waals surface area contributed by atoms with Crippen LogP contribution >= 0.6 is 0 Å². The average molecular weight is 359 g/mol. The lowest BCUT2D eigenvalue weighted by atomic mass is 10.2. The summed E-state index contributed by atoms with van der Waals surface area (Å²) in [7, 11) is 0. The molecule has 1 saturated heterocycles. The van der Waals surface area contributed by atoms with Crippen molar-refractivity contribution < 1.29 is 23.4 Å². The summed E-state index contributed by atoms with van der Waals surface area (Å²) in [5.74, 6) is 0.863. The molecule has 0 spiro atoms. The van der Waals surface area contributed by atoms with Gasteiger partial charge in [-0.1, -0.05) is 12.1 Å². The molecule has 2 aromatic rings. The first-order valence-electron chi connectivity index (χ1n) is 8.57. The molecule has 6 heteroatoms. The highest BCUT2D eigenvalue weighted by atomic mass is 19.1. The molecular weight excluding hydrogens is 337 g/mol. The second kappa shape index (κ2) is 8.67. The van der Waals surface area contributed by atoms with Gasteiger partial charge >= 0.3 is 0 Å². The molecule has 0 bridgehead atoms. The van der Waals surface area contributed by atoms with Crippen molar-refractivity contribution >= 4 is 5.91 Å². The Morgan fingerprint density at radius 1 is 1.19 bits per heavy atom. The van der Waals surface area contributed by atoms with E-state index in [-0.39, 0.29) is 24.4 Å². The topological polar surface area (TPSA) is 48.0 Å². The number of carbonyl (C=O) groups excluding carboxylic acids is 1. The first kappa shape index (κ1) is 18.2. The minimum atomic E-state index is -0.309. The lowest BCUT2D eigenvalue weighted by Gasteiger charge is -2.32. The molecule has 0 unspecified atom stereocenters. The van der Waals surface area contributed by atoms with Gasteiger partial charge in [-0.3, -0.25) is 4.79 Å². The lowest BCUT2D eigenvalue weighted by molar-refractivity contribution is -0.142. The molecule has 1 aliphatic heterocycles. The highest BCUT2D eigenvalue weighted by molar-refractivity contribution is 5.77. The molecule has 1 amide bonds. The van der Waals surface area contributed by atoms with Crippen LogP contribution < -0.4 is 9.47 Å². The molecule has 5 nitrogen and oxygen atoms in total. The normalized spacial score (nSPS) is 17.0. The monoisotopic (exact) mass is 359 g/mol. The second-order valence-electron chi connectivity index (χ2n) is 6.20. The maximum atomic E-state index is 12.9. The number of hydrogen-bond acceptors (Lipinski definition) is 4. The summed E-state index contributed by atoms with van der Waals surface area (Å²) in [5.41, 5.74) is 1.08. The van der Waals surface area contributed by atoms with Gasteiger partial charge in [-0.25, -0.2) is 4.39 Å². The summed E-state index contributed by atoms with van der Waals surface area (Å²) in [5, 5.41) is 0. The van der Waals surface area contributed by atoms with Crippen molar-refractivity contribution in [3.8, 4) is 11.5 Å². The number of nitrogens with zero attached hydrogens (tertiary/aromatic N) is 1. The van der Waals surface area contributed by atoms with E-state index in [1.807, 2.05) is 31.2 Å². The van der Waals surface area contributed by atoms with Crippen LogP contribution in [-0.2, 0) is 9.53 Å². The number of rotatable bonds is 6. The molecular formula is C20H22FNO4. The fraction of sp³-hybridized carbons (Fsp3) is 0.350. The number of hydrogen-bond donors (Lipinski definition) is 0. The van der Waals surface area contributed by atoms with E-state index in [0.29, 0.717) is 37.8 Å². The number of ether oxygens (including phenoxy) is 3. The standard InChI is InChI=1S/C20H22FNO4/c1-15-3-2-4-18(11-15)26-14-20(23)22-9-10-24-19(12-22)13-25-17-7-5-16(21)6-8-17/h2-8,11,19H,9-10,12-14H2,1H3/t19-/m1/s1. The Labute approximate surface area is 152 Å². The van der Waals surface area contributed by atoms with Crippen LogP contribution in [0.5, 0.6) is 11.5 Å². The third-order valence-corrected chi connectivity index (χ3v) is 4.09. The summed E-state index contributed by atoms with van der Waals surface area (Å²) in [4.78, 5) is 14.1. The van der Waals surface area contributed by atoms with Crippen LogP contribution in [0.2, 0.25) is 0 Å². The minimum absolute atomic E-state index is 0.00497. The molecule has 1 heterocycles. The number of halogens is 1. The molecule has 1 fully saturated rings. The number of morpholine rings is 1. The highest BCUT2D eigenvalue weighted by Crippen LogP contribution is 2.15. The van der Waals surface area contributed by atoms with E-state index in [2.05, 4.69) is 0 Å². The summed E-state index contributed by atoms with van der Waals surface area (Å²) < 4.78 is 29.7. The van der Waals surface area contributed by atoms with Gasteiger partial charge in [-0.05, 0) is 48.9 Å². The van der Waals surface area contributed by atoms with Crippen molar-refractivity contribution in [1.29, 1.82) is 0 Å². The lowest BCUT2D eigenvalue weighted by Crippen LogP contribution is -2.49. The van der Waals surface area contributed by atoms with Gasteiger partial charge in [0.1, 0.15) is 30.0 Å². The third-order valence-electron chi connectivity index (χ3n) is 4.09. The summed E-state index contributed by atoms with van der Waals surface area (Å²) in [6.45, 7) is 3.69. The van der Waals surface area contributed by atoms with Gasteiger partial charge in [0.05, 0.1) is 13.2 Å². The van der Waals surface area contributed by atoms with E-state index >= 15 is 0 Å². The Morgan fingerprint density at radius 3 is 2.77 bits per heavy atom. The van der Waals surface area contributed by atoms with Crippen molar-refractivity contribution in [3.05, 3.63) is 59.9 Å². The molecule has 0 radical (unpaired) electrons. The third kappa shape index (κ3) is 5.20. The van der Waals surface area contributed by atoms with Crippen LogP contribution in [0.3, 0.4) is 0 Å². The quantitative estimate of drug-likeness (QED) is 0.796. The molecule has 0 saturated carbocycles. The Bertz CT molecular complexity index is 735. The van der Waals surface area contributed by atoms with Gasteiger partial charge in [-0.2, -0.15) is 0 Å². The van der Waals surface area contributed by atoms with Crippen molar-refractivity contribution in [2.75, 3.05) is 32.9 Å². The van der Waals surface area contributed by atoms with Crippen molar-refractivity contribution in [2.45, 2.75) is 13.0 Å². The van der Waals surface area contributed by atoms with Gasteiger partial charge in [0.2, 0.25) is 0 Å². The van der Waals surface area contributed by atoms with Gasteiger partial charge in [-0.15, -0.1) is 0 Å². The Kier molecular flexibility index (Phi) is 6.07. The van der Waals surface area contributed by atoms with Crippen molar-refractivity contribution in [1.82, 2.24) is 4.90 Å². The molecule has 0 aliphatic carbocycles. The highest BCUT2D eigenvalue weighted by Gasteiger charge is 2.25. The van der Waals surface area contributed by atoms with Crippen LogP contribution in [0.4, 0.5) is 4.39 Å². The minimum Gasteiger partial charge on any atom is -0.491 e. The molecule has 138 valence electrons. The molecule has 2 aromatic carbocycles. The van der Waals surface area contributed by atoms with Gasteiger partial charge in [0.25, 0.3) is 5.91 Å². The SMILES string of the molecule is Cc1cccc(OCC(=O)N2CCO[C@@H](COc3ccc(F)cc3)C2)c1. The molecule has 0 aromatic heterocycles. The Hall–Kier alpha value is -2.60. The molecule has 1 aliphatic rings. The average Bonchev–Trinajstić information content (AvgIpc) is 2.66. The molecule has 0 N–H and O–H groups in total. The molecule has 1 atom stereocenters. The summed E-state index contributed by atoms with van der Waals surface area (Å²) >= 11 is 0. The molecule has 26 heavy (non-hydrogen) atoms. The predicted octanol–water partition coefficient (Wildman–Crippen LogP) is 2.82. The van der Waals surface area contributed by atoms with Gasteiger partial charge in [0, 0.05) is 6.54 Å². The van der Waals surface area contributed by atoms with Crippen molar-refractivity contribution in [2.24, 2.45) is 0 Å². The largest absolute Gasteiger partial charge is 0.491 e. The number of benzene rings is 2. The van der Waals surface area contributed by atoms with Crippen molar-refractivity contribution in [3.63, 3.8) is 0 Å². The van der Waals surface area contributed by atoms with E-state index in [0.717, 1.165) is 5.56 Å². The number of amides is 1. The zero-order valence-corrected chi connectivity index (χ0v) is 14.7. The number of aryl methyl sites for hydroxylation is 1. The maximum Gasteiger partial charge on any atom is 0.260 e. The Morgan fingerprint density at radius 2 is 2.00 bits per heavy atom. The second-order valence-corrected chi connectivity index (χ2v) is 6.20. The zero-order valence-electron chi connectivity index (χ0n) is 14.7. The van der Waals surface area contributed by atoms with Crippen LogP contribution in [0, 0.1) is 12.7 Å². The first-order chi connectivity index (χ1) is 12.6. The summed E-state index contributed by atoms with van der Waals surface area (Å²) in [6.07, 6.45) is -0.225. The maximum absolute atomic E-state index is 12.9. The predicted molar refractivity (Wildman–Crippen MR) is 94.9 cm³/mol. The van der Waals surface area contributed by atoms with E-state index in [4.69, 9.17) is 14.2 Å². The van der Waals surface area contributed by atoms with Crippen LogP contribution in [0.1, 0.15) is 5.56 Å². The van der Waals surface area contributed by atoms with Crippen LogP contribution in [0.15, 0.2) is 48.5 Å². The van der Waals surface area contributed by atoms with E-state index in [1.165, 1.54) is 12.1 Å². The van der Waals surface area contributed by atoms with E-state index in [1.54, 1.807) is 17.0 Å². The molecule has 3 rings (SSSR count). The number of carbonyl (C=O) groups is 1. The van der Waals surface area contributed by atoms with E-state index < -0.39 is 0 Å². The van der Waals surface area contributed by atoms with E-state index in [9.17, 15) is 9.18 Å². The summed E-state index contributed by atoms with van der Waals surface area (Å²) in [6, 6.07) is 13.4. The smallest absolute Gasteiger partial charge is 0.260 e. The zero-order chi connectivity index (χ0) is 18.4. The fourth-order valence-electron chi connectivity index (χ4n) is 2.71. The Balaban J connectivity index is 1.46. The van der Waals surface area contributed by atoms with Crippen LogP contribution in [0.25, 0.3) is 0 Å². The van der Waals surface area contributed by atoms with Gasteiger partial charge in [0.15, 0.2) is 6.61 Å². The fourth-order valence-corrected chi connectivity index (χ4v) is 2.71. The first-order valence-corrected chi connectivity index (χ1v) is 8.57. The van der Waals surface area contributed by atoms with Gasteiger partial charge < -0.3 is 19.1 Å². The van der Waals surface area contributed by atoms with Crippen LogP contribution in [-0.4, -0.2) is 49.8 Å².